The number of hydrogen-bond acceptors (Lipinski definition) is 2. The lowest BCUT2D eigenvalue weighted by molar-refractivity contribution is -0.894. The van der Waals surface area contributed by atoms with E-state index in [4.69, 9.17) is 0 Å². The zero-order chi connectivity index (χ0) is 15.4. The van der Waals surface area contributed by atoms with Crippen molar-refractivity contribution in [2.24, 2.45) is 0 Å². The second kappa shape index (κ2) is 6.72. The van der Waals surface area contributed by atoms with Crippen molar-refractivity contribution in [3.63, 3.8) is 0 Å². The summed E-state index contributed by atoms with van der Waals surface area (Å²) >= 11 is 0. The third-order valence-corrected chi connectivity index (χ3v) is 4.09. The topological polar surface area (TPSA) is 53.9 Å². The molecule has 0 fully saturated rings. The zero-order valence-electron chi connectivity index (χ0n) is 13.0. The number of likely N-dealkylation sites (N-methyl/N-ethyl adjacent to an activating group) is 1. The molecule has 0 radical (unpaired) electrons. The summed E-state index contributed by atoms with van der Waals surface area (Å²) in [5, 5.41) is 2.76. The normalized spacial score (nSPS) is 17.2. The van der Waals surface area contributed by atoms with E-state index in [1.54, 1.807) is 4.90 Å². The fourth-order valence-electron chi connectivity index (χ4n) is 2.83. The maximum Gasteiger partial charge on any atom is 0.254 e. The standard InChI is InChI=1S/C16H23N3O2/c1-4-18(5-2)10-11-19-14-9-7-6-8-13(14)15(16(19)21)17-12(3)20/h6-9,15H,4-5,10-11H2,1-3H3,(H,17,20)/p+1/t15-/m0/s1. The van der Waals surface area contributed by atoms with Crippen molar-refractivity contribution >= 4 is 17.5 Å². The van der Waals surface area contributed by atoms with Crippen LogP contribution in [0.2, 0.25) is 0 Å². The predicted molar refractivity (Wildman–Crippen MR) is 82.3 cm³/mol. The van der Waals surface area contributed by atoms with E-state index in [0.717, 1.165) is 30.9 Å². The molecule has 0 aliphatic carbocycles. The first-order valence-corrected chi connectivity index (χ1v) is 7.59. The van der Waals surface area contributed by atoms with E-state index in [0.29, 0.717) is 6.54 Å². The molecular formula is C16H24N3O2+. The van der Waals surface area contributed by atoms with E-state index in [-0.39, 0.29) is 11.8 Å². The molecule has 0 bridgehead atoms. The molecule has 2 amide bonds. The fourth-order valence-corrected chi connectivity index (χ4v) is 2.83. The number of nitrogens with zero attached hydrogens (tertiary/aromatic N) is 1. The predicted octanol–water partition coefficient (Wildman–Crippen LogP) is 0.135. The third kappa shape index (κ3) is 3.24. The van der Waals surface area contributed by atoms with Crippen LogP contribution in [0.15, 0.2) is 24.3 Å². The summed E-state index contributed by atoms with van der Waals surface area (Å²) in [6.07, 6.45) is 0. The number of benzene rings is 1. The summed E-state index contributed by atoms with van der Waals surface area (Å²) in [4.78, 5) is 27.2. The fraction of sp³-hybridized carbons (Fsp3) is 0.500. The zero-order valence-corrected chi connectivity index (χ0v) is 13.0. The lowest BCUT2D eigenvalue weighted by Crippen LogP contribution is -3.12. The molecule has 1 aromatic carbocycles. The van der Waals surface area contributed by atoms with Crippen LogP contribution in [-0.2, 0) is 9.59 Å². The van der Waals surface area contributed by atoms with Gasteiger partial charge in [-0.25, -0.2) is 0 Å². The van der Waals surface area contributed by atoms with Crippen molar-refractivity contribution in [2.45, 2.75) is 26.8 Å². The minimum absolute atomic E-state index is 0.0297. The molecule has 2 rings (SSSR count). The van der Waals surface area contributed by atoms with Gasteiger partial charge in [0.1, 0.15) is 6.04 Å². The second-order valence-electron chi connectivity index (χ2n) is 5.39. The average Bonchev–Trinajstić information content (AvgIpc) is 2.73. The molecule has 2 N–H and O–H groups in total. The van der Waals surface area contributed by atoms with Crippen LogP contribution in [0, 0.1) is 0 Å². The van der Waals surface area contributed by atoms with Crippen molar-refractivity contribution in [3.8, 4) is 0 Å². The Labute approximate surface area is 125 Å². The van der Waals surface area contributed by atoms with Crippen LogP contribution in [0.1, 0.15) is 32.4 Å². The van der Waals surface area contributed by atoms with Gasteiger partial charge in [0.25, 0.3) is 5.91 Å². The van der Waals surface area contributed by atoms with Crippen molar-refractivity contribution in [1.82, 2.24) is 5.32 Å². The van der Waals surface area contributed by atoms with Crippen molar-refractivity contribution in [1.29, 1.82) is 0 Å². The maximum atomic E-state index is 12.6. The number of amides is 2. The third-order valence-electron chi connectivity index (χ3n) is 4.09. The van der Waals surface area contributed by atoms with Gasteiger partial charge in [0, 0.05) is 18.2 Å². The first-order chi connectivity index (χ1) is 10.1. The minimum Gasteiger partial charge on any atom is -0.341 e. The molecule has 0 unspecified atom stereocenters. The van der Waals surface area contributed by atoms with Crippen LogP contribution in [0.5, 0.6) is 0 Å². The van der Waals surface area contributed by atoms with E-state index in [1.165, 1.54) is 11.8 Å². The maximum absolute atomic E-state index is 12.6. The highest BCUT2D eigenvalue weighted by molar-refractivity contribution is 6.06. The molecule has 0 spiro atoms. The lowest BCUT2D eigenvalue weighted by atomic mass is 10.1. The van der Waals surface area contributed by atoms with Crippen molar-refractivity contribution in [3.05, 3.63) is 29.8 Å². The average molecular weight is 290 g/mol. The summed E-state index contributed by atoms with van der Waals surface area (Å²) in [6.45, 7) is 9.45. The van der Waals surface area contributed by atoms with Crippen LogP contribution >= 0.6 is 0 Å². The number of quaternary nitrogens is 1. The Morgan fingerprint density at radius 1 is 1.29 bits per heavy atom. The number of anilines is 1. The summed E-state index contributed by atoms with van der Waals surface area (Å²) in [7, 11) is 0. The highest BCUT2D eigenvalue weighted by Gasteiger charge is 2.37. The van der Waals surface area contributed by atoms with Crippen LogP contribution in [0.25, 0.3) is 0 Å². The Kier molecular flexibility index (Phi) is 4.96. The highest BCUT2D eigenvalue weighted by atomic mass is 16.2. The summed E-state index contributed by atoms with van der Waals surface area (Å²) in [5.74, 6) is -0.211. The Bertz CT molecular complexity index is 526. The van der Waals surface area contributed by atoms with Gasteiger partial charge in [0.05, 0.1) is 26.2 Å². The number of nitrogens with one attached hydrogen (secondary N) is 2. The Balaban J connectivity index is 2.19. The number of para-hydroxylation sites is 1. The SMILES string of the molecule is CC[NH+](CC)CCN1C(=O)[C@@H](NC(C)=O)c2ccccc21. The summed E-state index contributed by atoms with van der Waals surface area (Å²) in [6, 6.07) is 7.16. The number of carbonyl (C=O) groups excluding carboxylic acids is 2. The molecule has 114 valence electrons. The summed E-state index contributed by atoms with van der Waals surface area (Å²) < 4.78 is 0. The molecule has 5 nitrogen and oxygen atoms in total. The minimum atomic E-state index is -0.537. The second-order valence-corrected chi connectivity index (χ2v) is 5.39. The van der Waals surface area contributed by atoms with Crippen LogP contribution in [0.3, 0.4) is 0 Å². The monoisotopic (exact) mass is 290 g/mol. The molecular weight excluding hydrogens is 266 g/mol. The number of rotatable bonds is 6. The highest BCUT2D eigenvalue weighted by Crippen LogP contribution is 2.35. The van der Waals surface area contributed by atoms with Gasteiger partial charge in [-0.2, -0.15) is 0 Å². The van der Waals surface area contributed by atoms with Crippen LogP contribution in [-0.4, -0.2) is 38.0 Å². The van der Waals surface area contributed by atoms with Gasteiger partial charge in [0.15, 0.2) is 0 Å². The van der Waals surface area contributed by atoms with Crippen LogP contribution < -0.4 is 15.1 Å². The van der Waals surface area contributed by atoms with Gasteiger partial charge in [-0.05, 0) is 19.9 Å². The quantitative estimate of drug-likeness (QED) is 0.783. The van der Waals surface area contributed by atoms with E-state index in [9.17, 15) is 9.59 Å². The molecule has 1 aromatic rings. The number of hydrogen-bond donors (Lipinski definition) is 2. The van der Waals surface area contributed by atoms with E-state index in [2.05, 4.69) is 19.2 Å². The van der Waals surface area contributed by atoms with Gasteiger partial charge < -0.3 is 15.1 Å². The molecule has 0 saturated heterocycles. The first-order valence-electron chi connectivity index (χ1n) is 7.59. The molecule has 21 heavy (non-hydrogen) atoms. The van der Waals surface area contributed by atoms with Crippen molar-refractivity contribution in [2.75, 3.05) is 31.1 Å². The van der Waals surface area contributed by atoms with E-state index >= 15 is 0 Å². The molecule has 1 heterocycles. The largest absolute Gasteiger partial charge is 0.341 e. The molecule has 1 aliphatic rings. The van der Waals surface area contributed by atoms with Gasteiger partial charge in [-0.1, -0.05) is 18.2 Å². The van der Waals surface area contributed by atoms with Crippen molar-refractivity contribution < 1.29 is 14.5 Å². The van der Waals surface area contributed by atoms with Gasteiger partial charge in [-0.3, -0.25) is 9.59 Å². The number of fused-ring (bicyclic) bond motifs is 1. The summed E-state index contributed by atoms with van der Waals surface area (Å²) in [5.41, 5.74) is 1.82. The molecule has 1 aliphatic heterocycles. The lowest BCUT2D eigenvalue weighted by Gasteiger charge is -2.21. The molecule has 5 heteroatoms. The Hall–Kier alpha value is -1.88. The van der Waals surface area contributed by atoms with E-state index < -0.39 is 6.04 Å². The molecule has 0 aromatic heterocycles. The molecule has 1 atom stereocenters. The van der Waals surface area contributed by atoms with Gasteiger partial charge >= 0.3 is 0 Å². The Morgan fingerprint density at radius 3 is 2.57 bits per heavy atom. The Morgan fingerprint density at radius 2 is 1.95 bits per heavy atom. The van der Waals surface area contributed by atoms with Gasteiger partial charge in [-0.15, -0.1) is 0 Å². The number of carbonyl (C=O) groups is 2. The van der Waals surface area contributed by atoms with Gasteiger partial charge in [0.2, 0.25) is 5.91 Å². The first kappa shape index (κ1) is 15.5. The van der Waals surface area contributed by atoms with E-state index in [1.807, 2.05) is 24.3 Å². The molecule has 0 saturated carbocycles. The van der Waals surface area contributed by atoms with Crippen LogP contribution in [0.4, 0.5) is 5.69 Å². The smallest absolute Gasteiger partial charge is 0.254 e.